The molecule has 0 spiro atoms. The molecule has 0 atom stereocenters. The maximum Gasteiger partial charge on any atom is 0.138 e. The summed E-state index contributed by atoms with van der Waals surface area (Å²) in [6, 6.07) is 16.2. The largest absolute Gasteiger partial charge is 0.497 e. The summed E-state index contributed by atoms with van der Waals surface area (Å²) in [4.78, 5) is 8.83. The lowest BCUT2D eigenvalue weighted by Crippen LogP contribution is -1.96. The van der Waals surface area contributed by atoms with Crippen LogP contribution in [0.15, 0.2) is 61.2 Å². The molecule has 0 radical (unpaired) electrons. The highest BCUT2D eigenvalue weighted by atomic mass is 16.5. The Balaban J connectivity index is 1.84. The molecule has 5 heteroatoms. The normalized spacial score (nSPS) is 10.9. The Morgan fingerprint density at radius 3 is 2.54 bits per heavy atom. The highest BCUT2D eigenvalue weighted by Crippen LogP contribution is 2.27. The lowest BCUT2D eigenvalue weighted by Gasteiger charge is -2.09. The summed E-state index contributed by atoms with van der Waals surface area (Å²) < 4.78 is 6.95. The predicted octanol–water partition coefficient (Wildman–Crippen LogP) is 3.80. The average molecular weight is 316 g/mol. The van der Waals surface area contributed by atoms with E-state index in [9.17, 15) is 0 Å². The molecule has 2 heterocycles. The van der Waals surface area contributed by atoms with Crippen LogP contribution in [0, 0.1) is 6.92 Å². The molecule has 0 saturated carbocycles. The summed E-state index contributed by atoms with van der Waals surface area (Å²) in [6.07, 6.45) is 3.21. The molecule has 0 fully saturated rings. The van der Waals surface area contributed by atoms with Gasteiger partial charge in [0, 0.05) is 10.9 Å². The summed E-state index contributed by atoms with van der Waals surface area (Å²) in [6.45, 7) is 2.10. The summed E-state index contributed by atoms with van der Waals surface area (Å²) in [5.41, 5.74) is 5.08. The molecule has 0 N–H and O–H groups in total. The number of pyridine rings is 1. The van der Waals surface area contributed by atoms with Gasteiger partial charge in [-0.25, -0.2) is 14.6 Å². The fourth-order valence-electron chi connectivity index (χ4n) is 2.78. The van der Waals surface area contributed by atoms with E-state index in [0.717, 1.165) is 33.6 Å². The second kappa shape index (κ2) is 5.77. The van der Waals surface area contributed by atoms with E-state index in [1.807, 2.05) is 36.4 Å². The first kappa shape index (κ1) is 14.4. The van der Waals surface area contributed by atoms with Gasteiger partial charge in [0.25, 0.3) is 0 Å². The van der Waals surface area contributed by atoms with Crippen LogP contribution in [0.3, 0.4) is 0 Å². The number of methoxy groups -OCH3 is 1. The van der Waals surface area contributed by atoms with Gasteiger partial charge in [0.2, 0.25) is 0 Å². The van der Waals surface area contributed by atoms with Gasteiger partial charge in [0.05, 0.1) is 24.0 Å². The van der Waals surface area contributed by atoms with Gasteiger partial charge in [-0.1, -0.05) is 6.07 Å². The SMILES string of the molecule is COc1ccc(-c2cc(C)c3ccc(-n4cncn4)cc3n2)cc1. The molecular weight excluding hydrogens is 300 g/mol. The maximum absolute atomic E-state index is 5.22. The number of hydrogen-bond acceptors (Lipinski definition) is 4. The van der Waals surface area contributed by atoms with Crippen molar-refractivity contribution in [2.45, 2.75) is 6.92 Å². The second-order valence-corrected chi connectivity index (χ2v) is 5.59. The van der Waals surface area contributed by atoms with Crippen molar-refractivity contribution in [2.75, 3.05) is 7.11 Å². The van der Waals surface area contributed by atoms with Gasteiger partial charge in [0.1, 0.15) is 18.4 Å². The Hall–Kier alpha value is -3.21. The summed E-state index contributed by atoms with van der Waals surface area (Å²) in [7, 11) is 1.67. The quantitative estimate of drug-likeness (QED) is 0.577. The van der Waals surface area contributed by atoms with Crippen molar-refractivity contribution in [1.82, 2.24) is 19.7 Å². The lowest BCUT2D eigenvalue weighted by molar-refractivity contribution is 0.415. The maximum atomic E-state index is 5.22. The highest BCUT2D eigenvalue weighted by molar-refractivity contribution is 5.86. The van der Waals surface area contributed by atoms with Crippen LogP contribution in [0.4, 0.5) is 0 Å². The number of rotatable bonds is 3. The van der Waals surface area contributed by atoms with Gasteiger partial charge in [-0.3, -0.25) is 0 Å². The Morgan fingerprint density at radius 2 is 1.83 bits per heavy atom. The number of nitrogens with zero attached hydrogens (tertiary/aromatic N) is 4. The lowest BCUT2D eigenvalue weighted by atomic mass is 10.0. The topological polar surface area (TPSA) is 52.8 Å². The number of aryl methyl sites for hydroxylation is 1. The van der Waals surface area contributed by atoms with Gasteiger partial charge in [-0.05, 0) is 55.0 Å². The summed E-state index contributed by atoms with van der Waals surface area (Å²) in [5, 5.41) is 5.31. The average Bonchev–Trinajstić information content (AvgIpc) is 3.16. The van der Waals surface area contributed by atoms with Crippen LogP contribution in [0.2, 0.25) is 0 Å². The first-order valence-electron chi connectivity index (χ1n) is 7.65. The Kier molecular flexibility index (Phi) is 3.46. The van der Waals surface area contributed by atoms with Crippen molar-refractivity contribution in [1.29, 1.82) is 0 Å². The minimum absolute atomic E-state index is 0.838. The number of benzene rings is 2. The van der Waals surface area contributed by atoms with Crippen LogP contribution in [-0.4, -0.2) is 26.9 Å². The number of hydrogen-bond donors (Lipinski definition) is 0. The summed E-state index contributed by atoms with van der Waals surface area (Å²) >= 11 is 0. The molecule has 24 heavy (non-hydrogen) atoms. The highest BCUT2D eigenvalue weighted by Gasteiger charge is 2.07. The molecule has 0 aliphatic rings. The van der Waals surface area contributed by atoms with Gasteiger partial charge in [-0.15, -0.1) is 0 Å². The van der Waals surface area contributed by atoms with Gasteiger partial charge in [0.15, 0.2) is 0 Å². The van der Waals surface area contributed by atoms with Crippen molar-refractivity contribution < 1.29 is 4.74 Å². The monoisotopic (exact) mass is 316 g/mol. The molecule has 118 valence electrons. The number of ether oxygens (including phenoxy) is 1. The Bertz CT molecular complexity index is 992. The second-order valence-electron chi connectivity index (χ2n) is 5.59. The molecule has 0 aliphatic heterocycles. The zero-order valence-electron chi connectivity index (χ0n) is 13.5. The number of fused-ring (bicyclic) bond motifs is 1. The first-order chi connectivity index (χ1) is 11.7. The molecule has 2 aromatic carbocycles. The minimum Gasteiger partial charge on any atom is -0.497 e. The molecule has 0 unspecified atom stereocenters. The van der Waals surface area contributed by atoms with Crippen molar-refractivity contribution in [2.24, 2.45) is 0 Å². The third kappa shape index (κ3) is 2.50. The molecule has 0 aliphatic carbocycles. The first-order valence-corrected chi connectivity index (χ1v) is 7.65. The number of aromatic nitrogens is 4. The molecular formula is C19H16N4O. The minimum atomic E-state index is 0.838. The zero-order valence-corrected chi connectivity index (χ0v) is 13.5. The Labute approximate surface area is 139 Å². The van der Waals surface area contributed by atoms with E-state index < -0.39 is 0 Å². The molecule has 0 saturated heterocycles. The van der Waals surface area contributed by atoms with E-state index in [1.165, 1.54) is 11.9 Å². The van der Waals surface area contributed by atoms with Crippen molar-refractivity contribution in [3.05, 3.63) is 66.7 Å². The van der Waals surface area contributed by atoms with E-state index in [2.05, 4.69) is 29.1 Å². The third-order valence-electron chi connectivity index (χ3n) is 4.07. The zero-order chi connectivity index (χ0) is 16.5. The van der Waals surface area contributed by atoms with Crippen LogP contribution >= 0.6 is 0 Å². The van der Waals surface area contributed by atoms with Gasteiger partial charge < -0.3 is 4.74 Å². The van der Waals surface area contributed by atoms with Crippen LogP contribution < -0.4 is 4.74 Å². The molecule has 4 aromatic rings. The van der Waals surface area contributed by atoms with Gasteiger partial charge in [-0.2, -0.15) is 5.10 Å². The summed E-state index contributed by atoms with van der Waals surface area (Å²) in [5.74, 6) is 0.838. The molecule has 4 rings (SSSR count). The molecule has 5 nitrogen and oxygen atoms in total. The van der Waals surface area contributed by atoms with E-state index >= 15 is 0 Å². The van der Waals surface area contributed by atoms with E-state index in [4.69, 9.17) is 9.72 Å². The third-order valence-corrected chi connectivity index (χ3v) is 4.07. The fraction of sp³-hybridized carbons (Fsp3) is 0.105. The van der Waals surface area contributed by atoms with Gasteiger partial charge >= 0.3 is 0 Å². The standard InChI is InChI=1S/C19H16N4O/c1-13-9-18(14-3-6-16(24-2)7-4-14)22-19-10-15(5-8-17(13)19)23-12-20-11-21-23/h3-12H,1-2H3. The van der Waals surface area contributed by atoms with E-state index in [0.29, 0.717) is 0 Å². The molecule has 2 aromatic heterocycles. The van der Waals surface area contributed by atoms with Crippen LogP contribution in [0.1, 0.15) is 5.56 Å². The van der Waals surface area contributed by atoms with Crippen LogP contribution in [0.25, 0.3) is 27.8 Å². The van der Waals surface area contributed by atoms with Crippen LogP contribution in [0.5, 0.6) is 5.75 Å². The van der Waals surface area contributed by atoms with Crippen molar-refractivity contribution in [3.8, 4) is 22.7 Å². The molecule has 0 bridgehead atoms. The smallest absolute Gasteiger partial charge is 0.138 e. The van der Waals surface area contributed by atoms with E-state index in [-0.39, 0.29) is 0 Å². The molecule has 0 amide bonds. The van der Waals surface area contributed by atoms with Crippen molar-refractivity contribution >= 4 is 10.9 Å². The Morgan fingerprint density at radius 1 is 1.00 bits per heavy atom. The van der Waals surface area contributed by atoms with Crippen molar-refractivity contribution in [3.63, 3.8) is 0 Å². The van der Waals surface area contributed by atoms with E-state index in [1.54, 1.807) is 18.1 Å². The fourth-order valence-corrected chi connectivity index (χ4v) is 2.78. The predicted molar refractivity (Wildman–Crippen MR) is 93.4 cm³/mol. The van der Waals surface area contributed by atoms with Crippen LogP contribution in [-0.2, 0) is 0 Å².